The van der Waals surface area contributed by atoms with Crippen molar-refractivity contribution in [1.29, 1.82) is 0 Å². The molecule has 0 fully saturated rings. The van der Waals surface area contributed by atoms with Crippen LogP contribution in [0.5, 0.6) is 5.75 Å². The fourth-order valence-corrected chi connectivity index (χ4v) is 1.30. The van der Waals surface area contributed by atoms with E-state index in [4.69, 9.17) is 0 Å². The number of carbonyl (C=O) groups is 1. The summed E-state index contributed by atoms with van der Waals surface area (Å²) in [4.78, 5) is 11.2. The van der Waals surface area contributed by atoms with Gasteiger partial charge in [-0.3, -0.25) is 0 Å². The third kappa shape index (κ3) is 2.26. The van der Waals surface area contributed by atoms with Gasteiger partial charge in [-0.1, -0.05) is 13.8 Å². The van der Waals surface area contributed by atoms with Crippen molar-refractivity contribution in [2.75, 3.05) is 7.11 Å². The maximum Gasteiger partial charge on any atom is 0.341 e. The summed E-state index contributed by atoms with van der Waals surface area (Å²) in [7, 11) is 1.21. The van der Waals surface area contributed by atoms with E-state index < -0.39 is 17.5 Å². The molecule has 0 heterocycles. The van der Waals surface area contributed by atoms with E-state index in [0.29, 0.717) is 5.56 Å². The number of phenols is 1. The number of aromatic hydroxyl groups is 1. The Balaban J connectivity index is 3.29. The van der Waals surface area contributed by atoms with E-state index in [0.717, 1.165) is 6.07 Å². The molecule has 1 rings (SSSR count). The van der Waals surface area contributed by atoms with E-state index >= 15 is 0 Å². The van der Waals surface area contributed by atoms with Gasteiger partial charge < -0.3 is 9.84 Å². The number of carbonyl (C=O) groups excluding carboxylic acids is 1. The molecule has 0 radical (unpaired) electrons. The van der Waals surface area contributed by atoms with E-state index in [1.165, 1.54) is 13.2 Å². The molecule has 1 N–H and O–H groups in total. The van der Waals surface area contributed by atoms with Crippen LogP contribution in [0.15, 0.2) is 12.1 Å². The zero-order valence-corrected chi connectivity index (χ0v) is 8.87. The molecule has 0 bridgehead atoms. The van der Waals surface area contributed by atoms with E-state index in [2.05, 4.69) is 4.74 Å². The van der Waals surface area contributed by atoms with E-state index in [-0.39, 0.29) is 11.5 Å². The monoisotopic (exact) mass is 212 g/mol. The molecule has 3 nitrogen and oxygen atoms in total. The molecule has 0 aromatic heterocycles. The molecule has 0 aliphatic rings. The molecule has 1 aromatic carbocycles. The van der Waals surface area contributed by atoms with Gasteiger partial charge in [0, 0.05) is 6.07 Å². The molecule has 0 unspecified atom stereocenters. The van der Waals surface area contributed by atoms with Crippen LogP contribution in [0.4, 0.5) is 4.39 Å². The van der Waals surface area contributed by atoms with Gasteiger partial charge in [0.15, 0.2) is 0 Å². The highest BCUT2D eigenvalue weighted by atomic mass is 19.1. The zero-order chi connectivity index (χ0) is 11.6. The lowest BCUT2D eigenvalue weighted by Gasteiger charge is -2.10. The topological polar surface area (TPSA) is 46.5 Å². The van der Waals surface area contributed by atoms with Crippen LogP contribution in [0.2, 0.25) is 0 Å². The van der Waals surface area contributed by atoms with Crippen molar-refractivity contribution in [3.63, 3.8) is 0 Å². The largest absolute Gasteiger partial charge is 0.507 e. The van der Waals surface area contributed by atoms with Gasteiger partial charge in [-0.2, -0.15) is 0 Å². The maximum absolute atomic E-state index is 13.3. The Morgan fingerprint density at radius 2 is 2.07 bits per heavy atom. The normalized spacial score (nSPS) is 10.5. The smallest absolute Gasteiger partial charge is 0.341 e. The summed E-state index contributed by atoms with van der Waals surface area (Å²) < 4.78 is 17.8. The Kier molecular flexibility index (Phi) is 3.29. The maximum atomic E-state index is 13.3. The van der Waals surface area contributed by atoms with Crippen LogP contribution < -0.4 is 0 Å². The average molecular weight is 212 g/mol. The summed E-state index contributed by atoms with van der Waals surface area (Å²) in [5.41, 5.74) is 0.371. The fraction of sp³-hybridized carbons (Fsp3) is 0.364. The molecule has 0 aliphatic carbocycles. The minimum Gasteiger partial charge on any atom is -0.507 e. The molecule has 82 valence electrons. The molecule has 0 saturated carbocycles. The van der Waals surface area contributed by atoms with Gasteiger partial charge >= 0.3 is 5.97 Å². The Morgan fingerprint density at radius 1 is 1.47 bits per heavy atom. The number of rotatable bonds is 2. The highest BCUT2D eigenvalue weighted by Gasteiger charge is 2.17. The summed E-state index contributed by atoms with van der Waals surface area (Å²) in [6.45, 7) is 3.60. The van der Waals surface area contributed by atoms with Crippen molar-refractivity contribution in [3.05, 3.63) is 29.1 Å². The molecule has 0 aliphatic heterocycles. The predicted molar refractivity (Wildman–Crippen MR) is 53.5 cm³/mol. The number of ether oxygens (including phenoxy) is 1. The molecule has 1 aromatic rings. The lowest BCUT2D eigenvalue weighted by molar-refractivity contribution is 0.0597. The second-order valence-electron chi connectivity index (χ2n) is 3.54. The highest BCUT2D eigenvalue weighted by molar-refractivity contribution is 5.92. The first kappa shape index (κ1) is 11.5. The number of halogens is 1. The van der Waals surface area contributed by atoms with Crippen molar-refractivity contribution in [2.45, 2.75) is 19.8 Å². The molecule has 4 heteroatoms. The Labute approximate surface area is 87.5 Å². The van der Waals surface area contributed by atoms with Crippen LogP contribution in [-0.4, -0.2) is 18.2 Å². The number of phenolic OH excluding ortho intramolecular Hbond substituents is 1. The predicted octanol–water partition coefficient (Wildman–Crippen LogP) is 2.44. The van der Waals surface area contributed by atoms with Crippen molar-refractivity contribution in [2.24, 2.45) is 0 Å². The first-order valence-corrected chi connectivity index (χ1v) is 4.58. The van der Waals surface area contributed by atoms with Gasteiger partial charge in [0.25, 0.3) is 0 Å². The van der Waals surface area contributed by atoms with Crippen molar-refractivity contribution >= 4 is 5.97 Å². The Morgan fingerprint density at radius 3 is 2.53 bits per heavy atom. The summed E-state index contributed by atoms with van der Waals surface area (Å²) >= 11 is 0. The SMILES string of the molecule is COC(=O)c1cc(C(C)C)c(F)cc1O. The molecule has 0 amide bonds. The number of hydrogen-bond acceptors (Lipinski definition) is 3. The van der Waals surface area contributed by atoms with E-state index in [9.17, 15) is 14.3 Å². The van der Waals surface area contributed by atoms with Crippen molar-refractivity contribution < 1.29 is 19.0 Å². The lowest BCUT2D eigenvalue weighted by Crippen LogP contribution is -2.04. The summed E-state index contributed by atoms with van der Waals surface area (Å²) in [6.07, 6.45) is 0. The Bertz CT molecular complexity index is 386. The fourth-order valence-electron chi connectivity index (χ4n) is 1.30. The third-order valence-corrected chi connectivity index (χ3v) is 2.14. The van der Waals surface area contributed by atoms with E-state index in [1.807, 2.05) is 0 Å². The summed E-state index contributed by atoms with van der Waals surface area (Å²) in [6, 6.07) is 2.25. The minimum absolute atomic E-state index is 0.0115. The van der Waals surface area contributed by atoms with Crippen molar-refractivity contribution in [3.8, 4) is 5.75 Å². The first-order chi connectivity index (χ1) is 6.97. The minimum atomic E-state index is -0.672. The average Bonchev–Trinajstić information content (AvgIpc) is 2.16. The van der Waals surface area contributed by atoms with Gasteiger partial charge in [-0.15, -0.1) is 0 Å². The van der Waals surface area contributed by atoms with Gasteiger partial charge in [0.05, 0.1) is 7.11 Å². The van der Waals surface area contributed by atoms with Crippen LogP contribution in [-0.2, 0) is 4.74 Å². The Hall–Kier alpha value is -1.58. The molecule has 0 atom stereocenters. The number of esters is 1. The molecule has 15 heavy (non-hydrogen) atoms. The third-order valence-electron chi connectivity index (χ3n) is 2.14. The number of hydrogen-bond donors (Lipinski definition) is 1. The van der Waals surface area contributed by atoms with Gasteiger partial charge in [-0.05, 0) is 17.5 Å². The second kappa shape index (κ2) is 4.29. The van der Waals surface area contributed by atoms with Crippen LogP contribution in [0.1, 0.15) is 35.7 Å². The highest BCUT2D eigenvalue weighted by Crippen LogP contribution is 2.26. The first-order valence-electron chi connectivity index (χ1n) is 4.58. The summed E-state index contributed by atoms with van der Waals surface area (Å²) in [5.74, 6) is -1.65. The molecule has 0 saturated heterocycles. The number of methoxy groups -OCH3 is 1. The quantitative estimate of drug-likeness (QED) is 0.766. The molecular formula is C11H13FO3. The van der Waals surface area contributed by atoms with Crippen molar-refractivity contribution in [1.82, 2.24) is 0 Å². The number of benzene rings is 1. The standard InChI is InChI=1S/C11H13FO3/c1-6(2)7-4-8(11(14)15-3)10(13)5-9(7)12/h4-6,13H,1-3H3. The van der Waals surface area contributed by atoms with Crippen LogP contribution in [0, 0.1) is 5.82 Å². The second-order valence-corrected chi connectivity index (χ2v) is 3.54. The van der Waals surface area contributed by atoms with Gasteiger partial charge in [-0.25, -0.2) is 9.18 Å². The van der Waals surface area contributed by atoms with Crippen LogP contribution in [0.3, 0.4) is 0 Å². The van der Waals surface area contributed by atoms with Crippen LogP contribution >= 0.6 is 0 Å². The lowest BCUT2D eigenvalue weighted by atomic mass is 9.99. The van der Waals surface area contributed by atoms with E-state index in [1.54, 1.807) is 13.8 Å². The zero-order valence-electron chi connectivity index (χ0n) is 8.87. The van der Waals surface area contributed by atoms with Crippen LogP contribution in [0.25, 0.3) is 0 Å². The summed E-state index contributed by atoms with van der Waals surface area (Å²) in [5, 5.41) is 9.36. The van der Waals surface area contributed by atoms with Gasteiger partial charge in [0.2, 0.25) is 0 Å². The van der Waals surface area contributed by atoms with Gasteiger partial charge in [0.1, 0.15) is 17.1 Å². The molecule has 0 spiro atoms. The molecular weight excluding hydrogens is 199 g/mol.